The van der Waals surface area contributed by atoms with Gasteiger partial charge in [0.2, 0.25) is 0 Å². The summed E-state index contributed by atoms with van der Waals surface area (Å²) in [4.78, 5) is 8.58. The molecule has 2 aromatic heterocycles. The maximum Gasteiger partial charge on any atom is 0.279 e. The SMILES string of the molecule is O=S(=O)(NCc1nccnc1-c1ccsc1)N1CCCC1. The molecule has 0 radical (unpaired) electrons. The first kappa shape index (κ1) is 14.6. The van der Waals surface area contributed by atoms with E-state index >= 15 is 0 Å². The fourth-order valence-electron chi connectivity index (χ4n) is 2.32. The minimum absolute atomic E-state index is 0.151. The van der Waals surface area contributed by atoms with Gasteiger partial charge in [-0.3, -0.25) is 9.97 Å². The summed E-state index contributed by atoms with van der Waals surface area (Å²) in [5, 5.41) is 3.94. The molecule has 0 unspecified atom stereocenters. The van der Waals surface area contributed by atoms with Gasteiger partial charge in [0.15, 0.2) is 0 Å². The quantitative estimate of drug-likeness (QED) is 0.907. The minimum atomic E-state index is -3.43. The average molecular weight is 324 g/mol. The van der Waals surface area contributed by atoms with E-state index in [0.717, 1.165) is 24.1 Å². The fourth-order valence-corrected chi connectivity index (χ4v) is 4.20. The van der Waals surface area contributed by atoms with E-state index in [1.165, 1.54) is 4.31 Å². The van der Waals surface area contributed by atoms with Crippen LogP contribution in [0.2, 0.25) is 0 Å². The molecule has 1 fully saturated rings. The largest absolute Gasteiger partial charge is 0.279 e. The summed E-state index contributed by atoms with van der Waals surface area (Å²) < 4.78 is 28.4. The summed E-state index contributed by atoms with van der Waals surface area (Å²) in [6.07, 6.45) is 5.04. The van der Waals surface area contributed by atoms with Crippen molar-refractivity contribution in [1.82, 2.24) is 19.0 Å². The Labute approximate surface area is 128 Å². The van der Waals surface area contributed by atoms with Crippen molar-refractivity contribution in [3.8, 4) is 11.3 Å². The lowest BCUT2D eigenvalue weighted by atomic mass is 10.2. The molecule has 1 N–H and O–H groups in total. The third kappa shape index (κ3) is 3.29. The zero-order valence-corrected chi connectivity index (χ0v) is 13.0. The molecule has 0 aromatic carbocycles. The number of hydrogen-bond donors (Lipinski definition) is 1. The Morgan fingerprint density at radius 2 is 2.00 bits per heavy atom. The molecule has 112 valence electrons. The third-order valence-corrected chi connectivity index (χ3v) is 5.63. The van der Waals surface area contributed by atoms with E-state index in [1.54, 1.807) is 23.7 Å². The van der Waals surface area contributed by atoms with Crippen LogP contribution in [0.3, 0.4) is 0 Å². The van der Waals surface area contributed by atoms with Crippen molar-refractivity contribution in [3.63, 3.8) is 0 Å². The topological polar surface area (TPSA) is 75.2 Å². The molecule has 1 saturated heterocycles. The Kier molecular flexibility index (Phi) is 4.29. The maximum atomic E-state index is 12.2. The van der Waals surface area contributed by atoms with Gasteiger partial charge in [0.05, 0.1) is 17.9 Å². The van der Waals surface area contributed by atoms with Gasteiger partial charge in [-0.2, -0.15) is 28.8 Å². The Morgan fingerprint density at radius 1 is 1.24 bits per heavy atom. The van der Waals surface area contributed by atoms with Crippen LogP contribution < -0.4 is 4.72 Å². The Morgan fingerprint density at radius 3 is 2.71 bits per heavy atom. The van der Waals surface area contributed by atoms with Gasteiger partial charge in [-0.15, -0.1) is 0 Å². The van der Waals surface area contributed by atoms with Crippen molar-refractivity contribution in [2.45, 2.75) is 19.4 Å². The lowest BCUT2D eigenvalue weighted by molar-refractivity contribution is 0.464. The van der Waals surface area contributed by atoms with Crippen LogP contribution in [-0.2, 0) is 16.8 Å². The van der Waals surface area contributed by atoms with E-state index in [9.17, 15) is 8.42 Å². The van der Waals surface area contributed by atoms with Gasteiger partial charge in [0.25, 0.3) is 10.2 Å². The molecular formula is C13H16N4O2S2. The van der Waals surface area contributed by atoms with Crippen LogP contribution >= 0.6 is 11.3 Å². The van der Waals surface area contributed by atoms with Crippen LogP contribution in [0.4, 0.5) is 0 Å². The van der Waals surface area contributed by atoms with Gasteiger partial charge in [0.1, 0.15) is 0 Å². The number of thiophene rings is 1. The number of hydrogen-bond acceptors (Lipinski definition) is 5. The number of nitrogens with one attached hydrogen (secondary N) is 1. The highest BCUT2D eigenvalue weighted by atomic mass is 32.2. The van der Waals surface area contributed by atoms with Crippen molar-refractivity contribution in [3.05, 3.63) is 34.9 Å². The highest BCUT2D eigenvalue weighted by Crippen LogP contribution is 2.22. The standard InChI is InChI=1S/C13H16N4O2S2/c18-21(19,17-6-1-2-7-17)16-9-12-13(15-5-4-14-12)11-3-8-20-10-11/h3-5,8,10,16H,1-2,6-7,9H2. The van der Waals surface area contributed by atoms with Crippen molar-refractivity contribution >= 4 is 21.5 Å². The van der Waals surface area contributed by atoms with Crippen molar-refractivity contribution in [2.75, 3.05) is 13.1 Å². The second-order valence-corrected chi connectivity index (χ2v) is 7.33. The van der Waals surface area contributed by atoms with Crippen molar-refractivity contribution in [2.24, 2.45) is 0 Å². The first-order valence-corrected chi connectivity index (χ1v) is 9.12. The van der Waals surface area contributed by atoms with Crippen LogP contribution in [0.15, 0.2) is 29.2 Å². The molecule has 8 heteroatoms. The van der Waals surface area contributed by atoms with Crippen LogP contribution in [0.5, 0.6) is 0 Å². The molecule has 2 aromatic rings. The average Bonchev–Trinajstić information content (AvgIpc) is 3.18. The first-order valence-electron chi connectivity index (χ1n) is 6.74. The summed E-state index contributed by atoms with van der Waals surface area (Å²) in [5.41, 5.74) is 2.32. The number of rotatable bonds is 5. The van der Waals surface area contributed by atoms with Gasteiger partial charge >= 0.3 is 0 Å². The Hall–Kier alpha value is -1.35. The predicted octanol–water partition coefficient (Wildman–Crippen LogP) is 1.64. The smallest absolute Gasteiger partial charge is 0.256 e. The van der Waals surface area contributed by atoms with Crippen LogP contribution in [0, 0.1) is 0 Å². The van der Waals surface area contributed by atoms with Gasteiger partial charge in [0, 0.05) is 36.4 Å². The molecule has 3 rings (SSSR count). The summed E-state index contributed by atoms with van der Waals surface area (Å²) in [7, 11) is -3.43. The fraction of sp³-hybridized carbons (Fsp3) is 0.385. The van der Waals surface area contributed by atoms with Crippen molar-refractivity contribution < 1.29 is 8.42 Å². The lowest BCUT2D eigenvalue weighted by Gasteiger charge is -2.16. The van der Waals surface area contributed by atoms with Crippen LogP contribution in [0.25, 0.3) is 11.3 Å². The van der Waals surface area contributed by atoms with Crippen molar-refractivity contribution in [1.29, 1.82) is 0 Å². The summed E-state index contributed by atoms with van der Waals surface area (Å²) in [6, 6.07) is 1.95. The summed E-state index contributed by atoms with van der Waals surface area (Å²) in [5.74, 6) is 0. The number of aromatic nitrogens is 2. The lowest BCUT2D eigenvalue weighted by Crippen LogP contribution is -2.38. The molecule has 0 aliphatic carbocycles. The Bertz CT molecular complexity index is 695. The summed E-state index contributed by atoms with van der Waals surface area (Å²) >= 11 is 1.57. The van der Waals surface area contributed by atoms with E-state index in [1.807, 2.05) is 16.8 Å². The molecule has 0 saturated carbocycles. The molecule has 6 nitrogen and oxygen atoms in total. The second-order valence-electron chi connectivity index (χ2n) is 4.80. The second kappa shape index (κ2) is 6.18. The molecule has 3 heterocycles. The monoisotopic (exact) mass is 324 g/mol. The van der Waals surface area contributed by atoms with E-state index < -0.39 is 10.2 Å². The molecule has 0 amide bonds. The van der Waals surface area contributed by atoms with Gasteiger partial charge in [-0.05, 0) is 24.3 Å². The molecule has 0 atom stereocenters. The Balaban J connectivity index is 1.77. The predicted molar refractivity (Wildman–Crippen MR) is 81.9 cm³/mol. The highest BCUT2D eigenvalue weighted by Gasteiger charge is 2.25. The normalized spacial score (nSPS) is 16.4. The maximum absolute atomic E-state index is 12.2. The highest BCUT2D eigenvalue weighted by molar-refractivity contribution is 7.87. The van der Waals surface area contributed by atoms with Gasteiger partial charge in [-0.1, -0.05) is 0 Å². The van der Waals surface area contributed by atoms with E-state index in [-0.39, 0.29) is 6.54 Å². The van der Waals surface area contributed by atoms with E-state index in [2.05, 4.69) is 14.7 Å². The molecule has 1 aliphatic heterocycles. The van der Waals surface area contributed by atoms with E-state index in [0.29, 0.717) is 18.8 Å². The zero-order chi connectivity index (χ0) is 14.7. The molecule has 0 bridgehead atoms. The summed E-state index contributed by atoms with van der Waals surface area (Å²) in [6.45, 7) is 1.33. The molecular weight excluding hydrogens is 308 g/mol. The van der Waals surface area contributed by atoms with Crippen LogP contribution in [-0.4, -0.2) is 35.8 Å². The zero-order valence-electron chi connectivity index (χ0n) is 11.4. The molecule has 21 heavy (non-hydrogen) atoms. The minimum Gasteiger partial charge on any atom is -0.256 e. The van der Waals surface area contributed by atoms with Crippen LogP contribution in [0.1, 0.15) is 18.5 Å². The third-order valence-electron chi connectivity index (χ3n) is 3.40. The van der Waals surface area contributed by atoms with Gasteiger partial charge < -0.3 is 0 Å². The molecule has 1 aliphatic rings. The van der Waals surface area contributed by atoms with E-state index in [4.69, 9.17) is 0 Å². The molecule has 0 spiro atoms. The van der Waals surface area contributed by atoms with Gasteiger partial charge in [-0.25, -0.2) is 0 Å². The first-order chi connectivity index (χ1) is 10.2. The number of nitrogens with zero attached hydrogens (tertiary/aromatic N) is 3.